The number of β-amino-alcohol motifs (C(OH)–C–C–N with tert-alkyl or cyclic N) is 1. The monoisotopic (exact) mass is 573 g/mol. The van der Waals surface area contributed by atoms with Crippen LogP contribution in [0, 0.1) is 25.7 Å². The Labute approximate surface area is 244 Å². The lowest BCUT2D eigenvalue weighted by molar-refractivity contribution is -0.139. The van der Waals surface area contributed by atoms with E-state index in [1.807, 2.05) is 87.5 Å². The SMILES string of the molecule is CCOc1ccc(N2CC=C[C@H]3S[C@]45C=CCN(c6c(C)cccc6C)C(=O)C4N(CCO)C(=O)[C@@H]5[C@H]3C2=O)cc1. The molecule has 214 valence electrons. The van der Waals surface area contributed by atoms with E-state index in [-0.39, 0.29) is 36.1 Å². The first-order chi connectivity index (χ1) is 19.8. The second-order valence-corrected chi connectivity index (χ2v) is 12.5. The summed E-state index contributed by atoms with van der Waals surface area (Å²) in [6.45, 7) is 6.97. The number of ether oxygens (including phenoxy) is 1. The van der Waals surface area contributed by atoms with E-state index in [2.05, 4.69) is 0 Å². The zero-order chi connectivity index (χ0) is 28.9. The number of likely N-dealkylation sites (tertiary alicyclic amines) is 1. The Balaban J connectivity index is 1.41. The van der Waals surface area contributed by atoms with Gasteiger partial charge in [-0.1, -0.05) is 42.5 Å². The number of anilines is 2. The van der Waals surface area contributed by atoms with Crippen LogP contribution in [0.15, 0.2) is 66.8 Å². The number of benzene rings is 2. The Hall–Kier alpha value is -3.56. The molecule has 8 nitrogen and oxygen atoms in total. The Kier molecular flexibility index (Phi) is 7.20. The summed E-state index contributed by atoms with van der Waals surface area (Å²) in [7, 11) is 0. The van der Waals surface area contributed by atoms with Gasteiger partial charge in [-0.15, -0.1) is 11.8 Å². The lowest BCUT2D eigenvalue weighted by Crippen LogP contribution is -2.54. The third-order valence-electron chi connectivity index (χ3n) is 8.67. The number of hydrogen-bond donors (Lipinski definition) is 1. The van der Waals surface area contributed by atoms with Gasteiger partial charge in [-0.25, -0.2) is 0 Å². The van der Waals surface area contributed by atoms with Gasteiger partial charge in [0.1, 0.15) is 11.8 Å². The van der Waals surface area contributed by atoms with Crippen LogP contribution in [0.2, 0.25) is 0 Å². The van der Waals surface area contributed by atoms with Gasteiger partial charge in [0.25, 0.3) is 5.91 Å². The zero-order valence-corrected chi connectivity index (χ0v) is 24.3. The number of rotatable bonds is 6. The molecular weight excluding hydrogens is 538 g/mol. The van der Waals surface area contributed by atoms with Crippen molar-refractivity contribution in [3.63, 3.8) is 0 Å². The van der Waals surface area contributed by atoms with Gasteiger partial charge in [0.15, 0.2) is 0 Å². The molecule has 2 saturated heterocycles. The third-order valence-corrected chi connectivity index (χ3v) is 10.4. The van der Waals surface area contributed by atoms with Gasteiger partial charge in [0.05, 0.1) is 29.8 Å². The predicted molar refractivity (Wildman–Crippen MR) is 160 cm³/mol. The van der Waals surface area contributed by atoms with Crippen molar-refractivity contribution in [2.75, 3.05) is 42.6 Å². The van der Waals surface area contributed by atoms with Crippen LogP contribution in [0.3, 0.4) is 0 Å². The van der Waals surface area contributed by atoms with Crippen LogP contribution in [0.25, 0.3) is 0 Å². The Morgan fingerprint density at radius 3 is 2.34 bits per heavy atom. The van der Waals surface area contributed by atoms with Crippen LogP contribution in [0.5, 0.6) is 5.75 Å². The molecule has 6 rings (SSSR count). The van der Waals surface area contributed by atoms with Crippen molar-refractivity contribution in [2.45, 2.75) is 36.8 Å². The number of amides is 3. The molecule has 2 fully saturated rings. The molecule has 4 aliphatic rings. The average molecular weight is 574 g/mol. The van der Waals surface area contributed by atoms with Crippen molar-refractivity contribution in [3.05, 3.63) is 77.9 Å². The van der Waals surface area contributed by atoms with Crippen molar-refractivity contribution in [3.8, 4) is 5.75 Å². The highest BCUT2D eigenvalue weighted by molar-refractivity contribution is 8.02. The van der Waals surface area contributed by atoms with Crippen LogP contribution in [0.4, 0.5) is 11.4 Å². The molecule has 0 aliphatic carbocycles. The van der Waals surface area contributed by atoms with E-state index in [0.29, 0.717) is 19.7 Å². The van der Waals surface area contributed by atoms with E-state index in [1.165, 1.54) is 4.90 Å². The number of para-hydroxylation sites is 1. The van der Waals surface area contributed by atoms with Crippen molar-refractivity contribution in [2.24, 2.45) is 11.8 Å². The van der Waals surface area contributed by atoms with Crippen LogP contribution < -0.4 is 14.5 Å². The molecule has 1 unspecified atom stereocenters. The third kappa shape index (κ3) is 4.28. The first-order valence-corrected chi connectivity index (χ1v) is 15.1. The zero-order valence-electron chi connectivity index (χ0n) is 23.5. The quantitative estimate of drug-likeness (QED) is 0.533. The number of carbonyl (C=O) groups excluding carboxylic acids is 3. The number of aryl methyl sites for hydroxylation is 2. The smallest absolute Gasteiger partial charge is 0.251 e. The van der Waals surface area contributed by atoms with Crippen LogP contribution in [0.1, 0.15) is 18.1 Å². The second kappa shape index (κ2) is 10.7. The average Bonchev–Trinajstić information content (AvgIpc) is 3.26. The maximum atomic E-state index is 14.5. The van der Waals surface area contributed by atoms with Gasteiger partial charge >= 0.3 is 0 Å². The molecule has 0 saturated carbocycles. The van der Waals surface area contributed by atoms with Crippen molar-refractivity contribution < 1.29 is 24.2 Å². The molecule has 2 aromatic rings. The first kappa shape index (κ1) is 27.6. The predicted octanol–water partition coefficient (Wildman–Crippen LogP) is 3.50. The Bertz CT molecular complexity index is 1420. The Morgan fingerprint density at radius 1 is 0.951 bits per heavy atom. The van der Waals surface area contributed by atoms with Gasteiger partial charge in [0.2, 0.25) is 11.8 Å². The molecule has 3 amide bonds. The highest BCUT2D eigenvalue weighted by Crippen LogP contribution is 2.61. The molecule has 0 radical (unpaired) electrons. The maximum Gasteiger partial charge on any atom is 0.251 e. The Morgan fingerprint density at radius 2 is 1.66 bits per heavy atom. The number of nitrogens with zero attached hydrogens (tertiary/aromatic N) is 3. The van der Waals surface area contributed by atoms with Crippen LogP contribution in [-0.2, 0) is 14.4 Å². The molecule has 41 heavy (non-hydrogen) atoms. The summed E-state index contributed by atoms with van der Waals surface area (Å²) < 4.78 is 4.65. The molecular formula is C32H35N3O5S. The van der Waals surface area contributed by atoms with E-state index in [1.54, 1.807) is 21.6 Å². The molecule has 1 N–H and O–H groups in total. The minimum atomic E-state index is -0.925. The number of carbonyl (C=O) groups is 3. The summed E-state index contributed by atoms with van der Waals surface area (Å²) >= 11 is 1.54. The number of thioether (sulfide) groups is 1. The van der Waals surface area contributed by atoms with Crippen LogP contribution >= 0.6 is 11.8 Å². The van der Waals surface area contributed by atoms with E-state index < -0.39 is 22.6 Å². The minimum Gasteiger partial charge on any atom is -0.494 e. The fraction of sp³-hybridized carbons (Fsp3) is 0.406. The molecule has 5 atom stereocenters. The first-order valence-electron chi connectivity index (χ1n) is 14.2. The van der Waals surface area contributed by atoms with Crippen molar-refractivity contribution >= 4 is 40.9 Å². The molecule has 9 heteroatoms. The van der Waals surface area contributed by atoms with Gasteiger partial charge in [-0.3, -0.25) is 14.4 Å². The summed E-state index contributed by atoms with van der Waals surface area (Å²) in [5, 5.41) is 9.71. The number of aliphatic hydroxyl groups excluding tert-OH is 1. The molecule has 0 bridgehead atoms. The highest BCUT2D eigenvalue weighted by Gasteiger charge is 2.71. The lowest BCUT2D eigenvalue weighted by atomic mass is 9.78. The molecule has 4 aliphatic heterocycles. The lowest BCUT2D eigenvalue weighted by Gasteiger charge is -2.35. The molecule has 2 aromatic carbocycles. The summed E-state index contributed by atoms with van der Waals surface area (Å²) in [6.07, 6.45) is 8.00. The topological polar surface area (TPSA) is 90.4 Å². The summed E-state index contributed by atoms with van der Waals surface area (Å²) in [6, 6.07) is 12.5. The standard InChI is InChI=1S/C32H35N3O5S/c1-4-40-23-13-11-22(12-14-23)33-16-6-10-24-25(29(33)37)26-30(38)35(18-19-36)28-31(39)34(17-7-15-32(26,28)41-24)27-20(2)8-5-9-21(27)3/h5-15,24-26,28,36H,4,16-19H2,1-3H3/t24-,25+,26+,28?,32+/m1/s1. The van der Waals surface area contributed by atoms with Crippen molar-refractivity contribution in [1.82, 2.24) is 4.90 Å². The summed E-state index contributed by atoms with van der Waals surface area (Å²) in [4.78, 5) is 48.0. The maximum absolute atomic E-state index is 14.5. The van der Waals surface area contributed by atoms with E-state index >= 15 is 0 Å². The molecule has 4 heterocycles. The minimum absolute atomic E-state index is 0.0342. The van der Waals surface area contributed by atoms with E-state index in [9.17, 15) is 19.5 Å². The number of fused-ring (bicyclic) bond motifs is 2. The largest absolute Gasteiger partial charge is 0.494 e. The van der Waals surface area contributed by atoms with Gasteiger partial charge in [-0.2, -0.15) is 0 Å². The van der Waals surface area contributed by atoms with E-state index in [0.717, 1.165) is 28.3 Å². The summed E-state index contributed by atoms with van der Waals surface area (Å²) in [5.41, 5.74) is 3.53. The fourth-order valence-corrected chi connectivity index (χ4v) is 9.04. The summed E-state index contributed by atoms with van der Waals surface area (Å²) in [5.74, 6) is -1.21. The second-order valence-electron chi connectivity index (χ2n) is 11.0. The number of aliphatic hydroxyl groups is 1. The fourth-order valence-electron chi connectivity index (χ4n) is 7.04. The van der Waals surface area contributed by atoms with E-state index in [4.69, 9.17) is 4.74 Å². The van der Waals surface area contributed by atoms with Crippen LogP contribution in [-0.4, -0.2) is 76.6 Å². The van der Waals surface area contributed by atoms with Gasteiger partial charge in [-0.05, 0) is 56.2 Å². The normalized spacial score (nSPS) is 28.9. The van der Waals surface area contributed by atoms with Gasteiger partial charge in [0, 0.05) is 36.3 Å². The highest BCUT2D eigenvalue weighted by atomic mass is 32.2. The number of hydrogen-bond acceptors (Lipinski definition) is 6. The molecule has 0 aromatic heterocycles. The van der Waals surface area contributed by atoms with Crippen molar-refractivity contribution in [1.29, 1.82) is 0 Å². The molecule has 1 spiro atoms. The van der Waals surface area contributed by atoms with Gasteiger partial charge < -0.3 is 24.5 Å².